The van der Waals surface area contributed by atoms with Crippen molar-refractivity contribution in [2.75, 3.05) is 36.7 Å². The van der Waals surface area contributed by atoms with Crippen LogP contribution < -0.4 is 19.7 Å². The van der Waals surface area contributed by atoms with Gasteiger partial charge in [-0.2, -0.15) is 0 Å². The summed E-state index contributed by atoms with van der Waals surface area (Å²) in [6.45, 7) is 3.42. The molecule has 164 valence electrons. The molecule has 1 N–H and O–H groups in total. The molecule has 1 fully saturated rings. The lowest BCUT2D eigenvalue weighted by Gasteiger charge is -2.32. The number of hydrogen-bond donors (Lipinski definition) is 1. The number of aromatic nitrogens is 2. The van der Waals surface area contributed by atoms with Gasteiger partial charge in [0, 0.05) is 19.6 Å². The van der Waals surface area contributed by atoms with Crippen LogP contribution in [0.3, 0.4) is 0 Å². The van der Waals surface area contributed by atoms with E-state index in [-0.39, 0.29) is 36.0 Å². The molecule has 1 aromatic heterocycles. The molecule has 0 aliphatic carbocycles. The molecule has 2 aliphatic rings. The molecule has 1 unspecified atom stereocenters. The number of esters is 1. The predicted octanol–water partition coefficient (Wildman–Crippen LogP) is 2.51. The summed E-state index contributed by atoms with van der Waals surface area (Å²) in [6.07, 6.45) is 2.69. The molecule has 0 bridgehead atoms. The lowest BCUT2D eigenvalue weighted by atomic mass is 9.98. The standard InChI is InChI=1S/C20H23N5O6/c1-2-29-20(26)14-4-3-7-24(10-14)19-17(25(27)28)18(22-11-23-19)21-9-13-5-6-15-16(8-13)31-12-30-15/h5-6,8,11,14H,2-4,7,9-10,12H2,1H3,(H,21,22,23). The zero-order valence-electron chi connectivity index (χ0n) is 17.1. The largest absolute Gasteiger partial charge is 0.466 e. The van der Waals surface area contributed by atoms with E-state index < -0.39 is 4.92 Å². The molecular weight excluding hydrogens is 406 g/mol. The van der Waals surface area contributed by atoms with Crippen molar-refractivity contribution >= 4 is 23.3 Å². The van der Waals surface area contributed by atoms with Crippen molar-refractivity contribution in [2.24, 2.45) is 5.92 Å². The number of ether oxygens (including phenoxy) is 3. The maximum Gasteiger partial charge on any atom is 0.353 e. The van der Waals surface area contributed by atoms with E-state index in [4.69, 9.17) is 14.2 Å². The van der Waals surface area contributed by atoms with Crippen LogP contribution in [0.5, 0.6) is 11.5 Å². The summed E-state index contributed by atoms with van der Waals surface area (Å²) in [4.78, 5) is 33.6. The number of nitrogens with one attached hydrogen (secondary N) is 1. The quantitative estimate of drug-likeness (QED) is 0.398. The minimum atomic E-state index is -0.495. The number of anilines is 2. The van der Waals surface area contributed by atoms with Crippen LogP contribution in [0.25, 0.3) is 0 Å². The van der Waals surface area contributed by atoms with Crippen molar-refractivity contribution in [2.45, 2.75) is 26.3 Å². The molecule has 0 radical (unpaired) electrons. The average molecular weight is 429 g/mol. The van der Waals surface area contributed by atoms with Gasteiger partial charge in [0.2, 0.25) is 18.4 Å². The molecule has 0 saturated carbocycles. The Bertz CT molecular complexity index is 985. The van der Waals surface area contributed by atoms with Crippen LogP contribution in [0.1, 0.15) is 25.3 Å². The van der Waals surface area contributed by atoms with Crippen LogP contribution in [0.15, 0.2) is 24.5 Å². The minimum absolute atomic E-state index is 0.117. The van der Waals surface area contributed by atoms with Gasteiger partial charge in [0.15, 0.2) is 11.5 Å². The highest BCUT2D eigenvalue weighted by Crippen LogP contribution is 2.36. The van der Waals surface area contributed by atoms with Gasteiger partial charge in [0.25, 0.3) is 0 Å². The third-order valence-corrected chi connectivity index (χ3v) is 5.22. The van der Waals surface area contributed by atoms with Crippen molar-refractivity contribution in [3.63, 3.8) is 0 Å². The van der Waals surface area contributed by atoms with Gasteiger partial charge in [0.1, 0.15) is 6.33 Å². The van der Waals surface area contributed by atoms with E-state index >= 15 is 0 Å². The van der Waals surface area contributed by atoms with Crippen LogP contribution >= 0.6 is 0 Å². The Balaban J connectivity index is 1.54. The molecule has 2 aromatic rings. The Morgan fingerprint density at radius 3 is 3.00 bits per heavy atom. The van der Waals surface area contributed by atoms with E-state index in [0.717, 1.165) is 5.56 Å². The Labute approximate surface area is 178 Å². The Morgan fingerprint density at radius 1 is 1.35 bits per heavy atom. The summed E-state index contributed by atoms with van der Waals surface area (Å²) in [7, 11) is 0. The van der Waals surface area contributed by atoms with Crippen molar-refractivity contribution in [3.8, 4) is 11.5 Å². The zero-order chi connectivity index (χ0) is 21.8. The number of nitrogens with zero attached hydrogens (tertiary/aromatic N) is 4. The molecule has 2 aliphatic heterocycles. The SMILES string of the molecule is CCOC(=O)C1CCCN(c2ncnc(NCc3ccc4c(c3)OCO4)c2[N+](=O)[O-])C1. The predicted molar refractivity (Wildman–Crippen MR) is 110 cm³/mol. The van der Waals surface area contributed by atoms with E-state index in [1.165, 1.54) is 6.33 Å². The third-order valence-electron chi connectivity index (χ3n) is 5.22. The van der Waals surface area contributed by atoms with Crippen LogP contribution in [0.4, 0.5) is 17.3 Å². The van der Waals surface area contributed by atoms with Crippen LogP contribution in [-0.4, -0.2) is 47.3 Å². The van der Waals surface area contributed by atoms with Crippen LogP contribution in [0.2, 0.25) is 0 Å². The van der Waals surface area contributed by atoms with Gasteiger partial charge in [-0.05, 0) is 37.5 Å². The van der Waals surface area contributed by atoms with E-state index in [0.29, 0.717) is 50.6 Å². The van der Waals surface area contributed by atoms with Gasteiger partial charge in [-0.25, -0.2) is 9.97 Å². The van der Waals surface area contributed by atoms with Crippen molar-refractivity contribution in [1.29, 1.82) is 0 Å². The van der Waals surface area contributed by atoms with E-state index in [9.17, 15) is 14.9 Å². The maximum atomic E-state index is 12.2. The van der Waals surface area contributed by atoms with Crippen LogP contribution in [0, 0.1) is 16.0 Å². The van der Waals surface area contributed by atoms with E-state index in [2.05, 4.69) is 15.3 Å². The van der Waals surface area contributed by atoms with Crippen molar-refractivity contribution in [1.82, 2.24) is 9.97 Å². The van der Waals surface area contributed by atoms with Gasteiger partial charge in [-0.15, -0.1) is 0 Å². The minimum Gasteiger partial charge on any atom is -0.466 e. The van der Waals surface area contributed by atoms with Gasteiger partial charge in [-0.3, -0.25) is 14.9 Å². The summed E-state index contributed by atoms with van der Waals surface area (Å²) in [5, 5.41) is 14.9. The van der Waals surface area contributed by atoms with Crippen molar-refractivity contribution in [3.05, 3.63) is 40.2 Å². The molecule has 11 heteroatoms. The normalized spacial score (nSPS) is 17.3. The first-order valence-electron chi connectivity index (χ1n) is 10.1. The first-order valence-corrected chi connectivity index (χ1v) is 10.1. The molecule has 3 heterocycles. The number of nitro groups is 1. The molecule has 0 spiro atoms. The molecule has 1 aromatic carbocycles. The van der Waals surface area contributed by atoms with E-state index in [1.807, 2.05) is 12.1 Å². The number of benzene rings is 1. The molecule has 1 saturated heterocycles. The number of hydrogen-bond acceptors (Lipinski definition) is 10. The lowest BCUT2D eigenvalue weighted by Crippen LogP contribution is -2.40. The van der Waals surface area contributed by atoms with Crippen LogP contribution in [-0.2, 0) is 16.1 Å². The van der Waals surface area contributed by atoms with Gasteiger partial charge < -0.3 is 24.4 Å². The molecule has 4 rings (SSSR count). The summed E-state index contributed by atoms with van der Waals surface area (Å²) in [5.74, 6) is 0.988. The second-order valence-electron chi connectivity index (χ2n) is 7.23. The fourth-order valence-corrected chi connectivity index (χ4v) is 3.76. The first kappa shape index (κ1) is 20.6. The highest BCUT2D eigenvalue weighted by atomic mass is 16.7. The van der Waals surface area contributed by atoms with E-state index in [1.54, 1.807) is 17.9 Å². The molecular formula is C20H23N5O6. The summed E-state index contributed by atoms with van der Waals surface area (Å²) in [6, 6.07) is 5.46. The summed E-state index contributed by atoms with van der Waals surface area (Å²) in [5.41, 5.74) is 0.645. The van der Waals surface area contributed by atoms with Crippen molar-refractivity contribution < 1.29 is 23.9 Å². The second kappa shape index (κ2) is 9.02. The fraction of sp³-hybridized carbons (Fsp3) is 0.450. The summed E-state index contributed by atoms with van der Waals surface area (Å²) < 4.78 is 15.8. The highest BCUT2D eigenvalue weighted by Gasteiger charge is 2.33. The Hall–Kier alpha value is -3.63. The smallest absolute Gasteiger partial charge is 0.353 e. The second-order valence-corrected chi connectivity index (χ2v) is 7.23. The third kappa shape index (κ3) is 4.44. The molecule has 1 atom stereocenters. The van der Waals surface area contributed by atoms with Gasteiger partial charge in [0.05, 0.1) is 17.4 Å². The average Bonchev–Trinajstić information content (AvgIpc) is 3.25. The molecule has 31 heavy (non-hydrogen) atoms. The monoisotopic (exact) mass is 429 g/mol. The number of rotatable bonds is 7. The van der Waals surface area contributed by atoms with Gasteiger partial charge in [-0.1, -0.05) is 6.07 Å². The van der Waals surface area contributed by atoms with Gasteiger partial charge >= 0.3 is 11.7 Å². The molecule has 0 amide bonds. The highest BCUT2D eigenvalue weighted by molar-refractivity contribution is 5.75. The summed E-state index contributed by atoms with van der Waals surface area (Å²) >= 11 is 0. The Kier molecular flexibility index (Phi) is 6.01. The molecule has 11 nitrogen and oxygen atoms in total. The lowest BCUT2D eigenvalue weighted by molar-refractivity contribution is -0.383. The topological polar surface area (TPSA) is 129 Å². The number of carbonyl (C=O) groups is 1. The Morgan fingerprint density at radius 2 is 2.19 bits per heavy atom. The maximum absolute atomic E-state index is 12.2. The first-order chi connectivity index (χ1) is 15.1. The number of fused-ring (bicyclic) bond motifs is 1. The fourth-order valence-electron chi connectivity index (χ4n) is 3.76. The zero-order valence-corrected chi connectivity index (χ0v) is 17.1. The number of carbonyl (C=O) groups excluding carboxylic acids is 1. The number of piperidine rings is 1.